The standard InChI is InChI=1S/C19H36O4/c1-3-4-5-6-7-8-9-10-11-12-13-14-18(21)15-19(22)16-23-17(2)20/h3,18-19,21-22H,1,4-16H2,2H3. The molecule has 4 heteroatoms. The highest BCUT2D eigenvalue weighted by Gasteiger charge is 2.12. The molecule has 0 amide bonds. The number of aliphatic hydroxyl groups is 2. The summed E-state index contributed by atoms with van der Waals surface area (Å²) in [5.41, 5.74) is 0. The van der Waals surface area contributed by atoms with E-state index in [1.54, 1.807) is 0 Å². The minimum absolute atomic E-state index is 0.0286. The van der Waals surface area contributed by atoms with Gasteiger partial charge in [-0.05, 0) is 19.3 Å². The molecule has 0 aromatic heterocycles. The van der Waals surface area contributed by atoms with E-state index < -0.39 is 18.2 Å². The smallest absolute Gasteiger partial charge is 0.302 e. The van der Waals surface area contributed by atoms with E-state index in [-0.39, 0.29) is 13.0 Å². The quantitative estimate of drug-likeness (QED) is 0.254. The molecule has 0 heterocycles. The second-order valence-electron chi connectivity index (χ2n) is 6.39. The molecule has 0 saturated carbocycles. The maximum absolute atomic E-state index is 10.6. The number of ether oxygens (including phenoxy) is 1. The summed E-state index contributed by atoms with van der Waals surface area (Å²) in [5.74, 6) is -0.403. The van der Waals surface area contributed by atoms with Crippen LogP contribution >= 0.6 is 0 Å². The van der Waals surface area contributed by atoms with Crippen LogP contribution in [-0.2, 0) is 9.53 Å². The molecule has 2 N–H and O–H groups in total. The summed E-state index contributed by atoms with van der Waals surface area (Å²) in [6.07, 6.45) is 14.0. The maximum atomic E-state index is 10.6. The van der Waals surface area contributed by atoms with Crippen LogP contribution in [0.4, 0.5) is 0 Å². The van der Waals surface area contributed by atoms with Gasteiger partial charge in [0.05, 0.1) is 12.2 Å². The van der Waals surface area contributed by atoms with Crippen LogP contribution in [0, 0.1) is 0 Å². The highest BCUT2D eigenvalue weighted by molar-refractivity contribution is 5.65. The fourth-order valence-corrected chi connectivity index (χ4v) is 2.62. The van der Waals surface area contributed by atoms with Gasteiger partial charge in [0.25, 0.3) is 0 Å². The third-order valence-electron chi connectivity index (χ3n) is 3.97. The van der Waals surface area contributed by atoms with Crippen LogP contribution in [0.2, 0.25) is 0 Å². The van der Waals surface area contributed by atoms with Crippen LogP contribution in [0.15, 0.2) is 12.7 Å². The Balaban J connectivity index is 3.30. The first-order chi connectivity index (χ1) is 11.1. The van der Waals surface area contributed by atoms with Gasteiger partial charge in [-0.25, -0.2) is 0 Å². The zero-order valence-corrected chi connectivity index (χ0v) is 14.8. The fraction of sp³-hybridized carbons (Fsp3) is 0.842. The molecule has 2 atom stereocenters. The van der Waals surface area contributed by atoms with Crippen molar-refractivity contribution in [3.63, 3.8) is 0 Å². The Hall–Kier alpha value is -0.870. The Morgan fingerprint density at radius 2 is 1.48 bits per heavy atom. The monoisotopic (exact) mass is 328 g/mol. The molecule has 0 aliphatic heterocycles. The Morgan fingerprint density at radius 3 is 2.00 bits per heavy atom. The predicted molar refractivity (Wildman–Crippen MR) is 94.2 cm³/mol. The molecule has 0 radical (unpaired) electrons. The van der Waals surface area contributed by atoms with Gasteiger partial charge in [-0.1, -0.05) is 57.4 Å². The number of carbonyl (C=O) groups excluding carboxylic acids is 1. The molecule has 136 valence electrons. The third kappa shape index (κ3) is 17.3. The van der Waals surface area contributed by atoms with Crippen LogP contribution in [0.5, 0.6) is 0 Å². The van der Waals surface area contributed by atoms with Crippen LogP contribution in [0.3, 0.4) is 0 Å². The van der Waals surface area contributed by atoms with Crippen molar-refractivity contribution < 1.29 is 19.7 Å². The number of hydrogen-bond acceptors (Lipinski definition) is 4. The van der Waals surface area contributed by atoms with E-state index in [0.29, 0.717) is 6.42 Å². The lowest BCUT2D eigenvalue weighted by Crippen LogP contribution is -2.23. The molecule has 0 saturated heterocycles. The van der Waals surface area contributed by atoms with E-state index in [9.17, 15) is 15.0 Å². The summed E-state index contributed by atoms with van der Waals surface area (Å²) >= 11 is 0. The Kier molecular flexibility index (Phi) is 15.4. The summed E-state index contributed by atoms with van der Waals surface area (Å²) < 4.78 is 4.71. The molecule has 0 bridgehead atoms. The summed E-state index contributed by atoms with van der Waals surface area (Å²) in [6.45, 7) is 5.01. The molecule has 0 aromatic rings. The zero-order chi connectivity index (χ0) is 17.3. The van der Waals surface area contributed by atoms with E-state index in [0.717, 1.165) is 19.3 Å². The molecule has 4 nitrogen and oxygen atoms in total. The number of rotatable bonds is 16. The Morgan fingerprint density at radius 1 is 0.957 bits per heavy atom. The number of aliphatic hydroxyl groups excluding tert-OH is 2. The van der Waals surface area contributed by atoms with E-state index in [4.69, 9.17) is 4.74 Å². The van der Waals surface area contributed by atoms with Gasteiger partial charge in [-0.15, -0.1) is 6.58 Å². The van der Waals surface area contributed by atoms with Crippen molar-refractivity contribution in [3.8, 4) is 0 Å². The molecule has 0 spiro atoms. The molecule has 0 aliphatic carbocycles. The summed E-state index contributed by atoms with van der Waals surface area (Å²) in [4.78, 5) is 10.6. The van der Waals surface area contributed by atoms with Crippen molar-refractivity contribution >= 4 is 5.97 Å². The minimum atomic E-state index is -0.769. The maximum Gasteiger partial charge on any atom is 0.302 e. The van der Waals surface area contributed by atoms with Crippen LogP contribution in [0.1, 0.15) is 84.0 Å². The largest absolute Gasteiger partial charge is 0.463 e. The Labute approximate surface area is 141 Å². The number of carbonyl (C=O) groups is 1. The average molecular weight is 328 g/mol. The first-order valence-electron chi connectivity index (χ1n) is 9.16. The summed E-state index contributed by atoms with van der Waals surface area (Å²) in [7, 11) is 0. The van der Waals surface area contributed by atoms with Crippen molar-refractivity contribution in [2.24, 2.45) is 0 Å². The lowest BCUT2D eigenvalue weighted by molar-refractivity contribution is -0.144. The highest BCUT2D eigenvalue weighted by atomic mass is 16.5. The summed E-state index contributed by atoms with van der Waals surface area (Å²) in [6, 6.07) is 0. The SMILES string of the molecule is C=CCCCCCCCCCCCC(O)CC(O)COC(C)=O. The molecule has 0 aromatic carbocycles. The third-order valence-corrected chi connectivity index (χ3v) is 3.97. The van der Waals surface area contributed by atoms with E-state index in [1.165, 1.54) is 51.9 Å². The molecule has 0 fully saturated rings. The van der Waals surface area contributed by atoms with Crippen molar-refractivity contribution in [1.82, 2.24) is 0 Å². The van der Waals surface area contributed by atoms with Gasteiger partial charge in [-0.3, -0.25) is 4.79 Å². The minimum Gasteiger partial charge on any atom is -0.463 e. The second-order valence-corrected chi connectivity index (χ2v) is 6.39. The average Bonchev–Trinajstić information content (AvgIpc) is 2.50. The Bertz CT molecular complexity index is 291. The predicted octanol–water partition coefficient (Wildman–Crippen LogP) is 4.14. The first-order valence-corrected chi connectivity index (χ1v) is 9.16. The molecule has 0 aliphatic rings. The van der Waals surface area contributed by atoms with Gasteiger partial charge < -0.3 is 14.9 Å². The van der Waals surface area contributed by atoms with Gasteiger partial charge in [0.1, 0.15) is 6.61 Å². The number of esters is 1. The first kappa shape index (κ1) is 22.1. The molecular formula is C19H36O4. The molecular weight excluding hydrogens is 292 g/mol. The second kappa shape index (κ2) is 16.0. The van der Waals surface area contributed by atoms with Crippen molar-refractivity contribution in [1.29, 1.82) is 0 Å². The van der Waals surface area contributed by atoms with Gasteiger partial charge in [0.15, 0.2) is 0 Å². The van der Waals surface area contributed by atoms with E-state index in [2.05, 4.69) is 6.58 Å². The van der Waals surface area contributed by atoms with E-state index >= 15 is 0 Å². The van der Waals surface area contributed by atoms with Gasteiger partial charge in [0, 0.05) is 13.3 Å². The van der Waals surface area contributed by atoms with Crippen molar-refractivity contribution in [2.75, 3.05) is 6.61 Å². The van der Waals surface area contributed by atoms with Crippen LogP contribution in [0.25, 0.3) is 0 Å². The van der Waals surface area contributed by atoms with Crippen LogP contribution in [-0.4, -0.2) is 35.0 Å². The number of unbranched alkanes of at least 4 members (excludes halogenated alkanes) is 9. The summed E-state index contributed by atoms with van der Waals surface area (Å²) in [5, 5.41) is 19.4. The van der Waals surface area contributed by atoms with Crippen molar-refractivity contribution in [2.45, 2.75) is 96.2 Å². The lowest BCUT2D eigenvalue weighted by Gasteiger charge is -2.15. The highest BCUT2D eigenvalue weighted by Crippen LogP contribution is 2.13. The molecule has 23 heavy (non-hydrogen) atoms. The molecule has 2 unspecified atom stereocenters. The number of hydrogen-bond donors (Lipinski definition) is 2. The number of allylic oxidation sites excluding steroid dienone is 1. The van der Waals surface area contributed by atoms with Gasteiger partial charge in [0.2, 0.25) is 0 Å². The van der Waals surface area contributed by atoms with Crippen molar-refractivity contribution in [3.05, 3.63) is 12.7 Å². The van der Waals surface area contributed by atoms with Gasteiger partial charge >= 0.3 is 5.97 Å². The fourth-order valence-electron chi connectivity index (χ4n) is 2.62. The normalized spacial score (nSPS) is 13.5. The molecule has 0 rings (SSSR count). The van der Waals surface area contributed by atoms with Gasteiger partial charge in [-0.2, -0.15) is 0 Å². The lowest BCUT2D eigenvalue weighted by atomic mass is 10.0. The van der Waals surface area contributed by atoms with E-state index in [1.807, 2.05) is 6.08 Å². The van der Waals surface area contributed by atoms with Crippen LogP contribution < -0.4 is 0 Å². The zero-order valence-electron chi connectivity index (χ0n) is 14.8. The topological polar surface area (TPSA) is 66.8 Å².